The van der Waals surface area contributed by atoms with Gasteiger partial charge in [0.05, 0.1) is 26.3 Å². The van der Waals surface area contributed by atoms with Gasteiger partial charge < -0.3 is 4.42 Å². The van der Waals surface area contributed by atoms with Gasteiger partial charge in [0.1, 0.15) is 17.2 Å². The number of carbonyl (C=O) groups is 1. The normalized spacial score (nSPS) is 15.0. The molecule has 31 heavy (non-hydrogen) atoms. The minimum atomic E-state index is -0.478. The lowest BCUT2D eigenvalue weighted by atomic mass is 10.1. The van der Waals surface area contributed by atoms with Crippen molar-refractivity contribution in [1.82, 2.24) is 0 Å². The number of amides is 1. The summed E-state index contributed by atoms with van der Waals surface area (Å²) in [5.74, 6) is 0.378. The van der Waals surface area contributed by atoms with Gasteiger partial charge in [0.15, 0.2) is 0 Å². The van der Waals surface area contributed by atoms with Crippen molar-refractivity contribution in [2.24, 2.45) is 5.10 Å². The molecule has 1 aromatic heterocycles. The van der Waals surface area contributed by atoms with Gasteiger partial charge >= 0.3 is 0 Å². The molecule has 1 aliphatic rings. The number of hydrogen-bond acceptors (Lipinski definition) is 5. The number of anilines is 1. The van der Waals surface area contributed by atoms with Gasteiger partial charge in [-0.25, -0.2) is 0 Å². The van der Waals surface area contributed by atoms with Crippen LogP contribution in [0.4, 0.5) is 11.4 Å². The maximum atomic E-state index is 13.0. The van der Waals surface area contributed by atoms with E-state index in [-0.39, 0.29) is 21.4 Å². The second kappa shape index (κ2) is 8.19. The van der Waals surface area contributed by atoms with E-state index >= 15 is 0 Å². The van der Waals surface area contributed by atoms with Gasteiger partial charge in [0, 0.05) is 22.7 Å². The van der Waals surface area contributed by atoms with Crippen LogP contribution in [-0.2, 0) is 4.79 Å². The zero-order valence-corrected chi connectivity index (χ0v) is 18.1. The van der Waals surface area contributed by atoms with E-state index in [1.54, 1.807) is 37.3 Å². The molecule has 0 N–H and O–H groups in total. The smallest absolute Gasteiger partial charge is 0.280 e. The number of nitro groups is 1. The van der Waals surface area contributed by atoms with E-state index in [1.165, 1.54) is 24.3 Å². The molecule has 0 aliphatic carbocycles. The molecule has 0 fully saturated rings. The van der Waals surface area contributed by atoms with Crippen LogP contribution in [0.5, 0.6) is 0 Å². The number of furan rings is 1. The van der Waals surface area contributed by atoms with Crippen molar-refractivity contribution >= 4 is 63.9 Å². The molecule has 7 nitrogen and oxygen atoms in total. The van der Waals surface area contributed by atoms with Crippen LogP contribution in [-0.4, -0.2) is 16.5 Å². The summed E-state index contributed by atoms with van der Waals surface area (Å²) in [4.78, 5) is 23.5. The van der Waals surface area contributed by atoms with Crippen molar-refractivity contribution in [3.05, 3.63) is 85.0 Å². The van der Waals surface area contributed by atoms with E-state index in [0.29, 0.717) is 33.4 Å². The molecule has 1 amide bonds. The predicted molar refractivity (Wildman–Crippen MR) is 121 cm³/mol. The first kappa shape index (κ1) is 21.1. The van der Waals surface area contributed by atoms with Gasteiger partial charge in [-0.15, -0.1) is 0 Å². The Morgan fingerprint density at radius 3 is 2.48 bits per heavy atom. The van der Waals surface area contributed by atoms with Crippen LogP contribution in [0.15, 0.2) is 63.6 Å². The van der Waals surface area contributed by atoms with Crippen LogP contribution in [0.3, 0.4) is 0 Å². The van der Waals surface area contributed by atoms with Gasteiger partial charge in [-0.1, -0.05) is 46.9 Å². The van der Waals surface area contributed by atoms with E-state index in [4.69, 9.17) is 39.2 Å². The van der Waals surface area contributed by atoms with Gasteiger partial charge in [0.2, 0.25) is 0 Å². The van der Waals surface area contributed by atoms with Gasteiger partial charge in [-0.2, -0.15) is 10.1 Å². The Kier molecular flexibility index (Phi) is 5.58. The highest BCUT2D eigenvalue weighted by Gasteiger charge is 2.32. The molecule has 2 heterocycles. The highest BCUT2D eigenvalue weighted by molar-refractivity contribution is 6.44. The molecular formula is C21H12Cl3N3O4. The number of hydrazone groups is 1. The molecule has 10 heteroatoms. The second-order valence-electron chi connectivity index (χ2n) is 6.59. The summed E-state index contributed by atoms with van der Waals surface area (Å²) in [6.07, 6.45) is 1.54. The number of benzene rings is 2. The van der Waals surface area contributed by atoms with E-state index in [9.17, 15) is 14.9 Å². The van der Waals surface area contributed by atoms with Crippen LogP contribution in [0.25, 0.3) is 17.4 Å². The molecule has 0 atom stereocenters. The third kappa shape index (κ3) is 4.07. The van der Waals surface area contributed by atoms with Crippen molar-refractivity contribution in [2.45, 2.75) is 6.92 Å². The van der Waals surface area contributed by atoms with Crippen LogP contribution < -0.4 is 5.01 Å². The second-order valence-corrected chi connectivity index (χ2v) is 7.84. The summed E-state index contributed by atoms with van der Waals surface area (Å²) >= 11 is 18.4. The third-order valence-corrected chi connectivity index (χ3v) is 5.31. The van der Waals surface area contributed by atoms with Gasteiger partial charge in [-0.05, 0) is 37.3 Å². The van der Waals surface area contributed by atoms with Crippen LogP contribution >= 0.6 is 34.8 Å². The highest BCUT2D eigenvalue weighted by Crippen LogP contribution is 2.39. The summed E-state index contributed by atoms with van der Waals surface area (Å²) in [5, 5.41) is 17.1. The Hall–Kier alpha value is -3.13. The molecule has 1 aliphatic heterocycles. The number of carbonyl (C=O) groups excluding carboxylic acids is 1. The Labute approximate surface area is 191 Å². The number of nitro benzene ring substituents is 1. The first-order valence-electron chi connectivity index (χ1n) is 8.85. The Morgan fingerprint density at radius 2 is 1.81 bits per heavy atom. The quantitative estimate of drug-likeness (QED) is 0.240. The van der Waals surface area contributed by atoms with Crippen LogP contribution in [0, 0.1) is 10.1 Å². The molecule has 0 saturated carbocycles. The average Bonchev–Trinajstić information content (AvgIpc) is 3.28. The first-order valence-corrected chi connectivity index (χ1v) is 9.99. The number of nitrogens with zero attached hydrogens (tertiary/aromatic N) is 3. The number of hydrogen-bond donors (Lipinski definition) is 0. The Morgan fingerprint density at radius 1 is 1.10 bits per heavy atom. The fourth-order valence-corrected chi connectivity index (χ4v) is 4.05. The minimum absolute atomic E-state index is 0.0462. The number of halogens is 3. The largest absolute Gasteiger partial charge is 0.457 e. The van der Waals surface area contributed by atoms with Crippen molar-refractivity contribution in [2.75, 3.05) is 5.01 Å². The fraction of sp³-hybridized carbons (Fsp3) is 0.0476. The Balaban J connectivity index is 1.65. The SMILES string of the molecule is CC1=NN(c2c(Cl)cc(Cl)cc2Cl)C(=O)/C1=C/c1ccc(-c2cccc([N+](=O)[O-])c2)o1. The maximum absolute atomic E-state index is 13.0. The molecule has 156 valence electrons. The summed E-state index contributed by atoms with van der Waals surface area (Å²) < 4.78 is 5.77. The number of rotatable bonds is 4. The predicted octanol–water partition coefficient (Wildman–Crippen LogP) is 6.62. The van der Waals surface area contributed by atoms with Crippen molar-refractivity contribution < 1.29 is 14.1 Å². The summed E-state index contributed by atoms with van der Waals surface area (Å²) in [6.45, 7) is 1.67. The lowest BCUT2D eigenvalue weighted by molar-refractivity contribution is -0.384. The fourth-order valence-electron chi connectivity index (χ4n) is 3.07. The van der Waals surface area contributed by atoms with Gasteiger partial charge in [-0.3, -0.25) is 14.9 Å². The van der Waals surface area contributed by atoms with E-state index in [0.717, 1.165) is 5.01 Å². The molecule has 0 saturated heterocycles. The standard InChI is InChI=1S/C21H12Cl3N3O4/c1-11-16(21(28)26(25-11)20-17(23)8-13(22)9-18(20)24)10-15-5-6-19(31-15)12-3-2-4-14(7-12)27(29)30/h2-10H,1H3/b16-10+. The first-order chi connectivity index (χ1) is 14.7. The van der Waals surface area contributed by atoms with Crippen molar-refractivity contribution in [3.8, 4) is 11.3 Å². The van der Waals surface area contributed by atoms with E-state index in [1.807, 2.05) is 0 Å². The topological polar surface area (TPSA) is 89.0 Å². The molecule has 0 unspecified atom stereocenters. The van der Waals surface area contributed by atoms with Crippen LogP contribution in [0.2, 0.25) is 15.1 Å². The van der Waals surface area contributed by atoms with Gasteiger partial charge in [0.25, 0.3) is 11.6 Å². The summed E-state index contributed by atoms with van der Waals surface area (Å²) in [7, 11) is 0. The van der Waals surface area contributed by atoms with Crippen molar-refractivity contribution in [1.29, 1.82) is 0 Å². The number of non-ortho nitro benzene ring substituents is 1. The zero-order valence-electron chi connectivity index (χ0n) is 15.8. The highest BCUT2D eigenvalue weighted by atomic mass is 35.5. The molecular weight excluding hydrogens is 465 g/mol. The third-order valence-electron chi connectivity index (χ3n) is 4.51. The van der Waals surface area contributed by atoms with E-state index in [2.05, 4.69) is 5.10 Å². The Bertz CT molecular complexity index is 1270. The van der Waals surface area contributed by atoms with Crippen molar-refractivity contribution in [3.63, 3.8) is 0 Å². The average molecular weight is 477 g/mol. The molecule has 2 aromatic carbocycles. The summed E-state index contributed by atoms with van der Waals surface area (Å²) in [6, 6.07) is 12.4. The molecule has 0 bridgehead atoms. The summed E-state index contributed by atoms with van der Waals surface area (Å²) in [5.41, 5.74) is 1.47. The van der Waals surface area contributed by atoms with E-state index < -0.39 is 10.8 Å². The lowest BCUT2D eigenvalue weighted by Crippen LogP contribution is -2.22. The molecule has 0 spiro atoms. The molecule has 4 rings (SSSR count). The lowest BCUT2D eigenvalue weighted by Gasteiger charge is -2.15. The molecule has 3 aromatic rings. The maximum Gasteiger partial charge on any atom is 0.280 e. The van der Waals surface area contributed by atoms with Crippen LogP contribution in [0.1, 0.15) is 12.7 Å². The molecule has 0 radical (unpaired) electrons. The zero-order chi connectivity index (χ0) is 22.3. The monoisotopic (exact) mass is 475 g/mol. The minimum Gasteiger partial charge on any atom is -0.457 e.